The van der Waals surface area contributed by atoms with Crippen LogP contribution >= 0.6 is 0 Å². The largest absolute Gasteiger partial charge is 0.378 e. The Balaban J connectivity index is 2.57. The van der Waals surface area contributed by atoms with E-state index in [-0.39, 0.29) is 0 Å². The molecule has 2 nitrogen and oxygen atoms in total. The Morgan fingerprint density at radius 3 is 2.50 bits per heavy atom. The van der Waals surface area contributed by atoms with Crippen LogP contribution in [0.1, 0.15) is 27.7 Å². The summed E-state index contributed by atoms with van der Waals surface area (Å²) in [4.78, 5) is 2.55. The van der Waals surface area contributed by atoms with Crippen LogP contribution in [0.15, 0.2) is 0 Å². The molecule has 12 heavy (non-hydrogen) atoms. The lowest BCUT2D eigenvalue weighted by Gasteiger charge is -2.41. The smallest absolute Gasteiger partial charge is 0.0625 e. The quantitative estimate of drug-likeness (QED) is 0.627. The maximum absolute atomic E-state index is 5.55. The van der Waals surface area contributed by atoms with E-state index in [0.29, 0.717) is 18.0 Å². The van der Waals surface area contributed by atoms with Gasteiger partial charge in [-0.25, -0.2) is 0 Å². The number of likely N-dealkylation sites (N-methyl/N-ethyl adjacent to an activating group) is 1. The summed E-state index contributed by atoms with van der Waals surface area (Å²) in [6.07, 6.45) is 0. The van der Waals surface area contributed by atoms with Crippen LogP contribution in [-0.2, 0) is 4.74 Å². The zero-order chi connectivity index (χ0) is 9.14. The van der Waals surface area contributed by atoms with Crippen LogP contribution in [0.3, 0.4) is 0 Å². The molecule has 2 unspecified atom stereocenters. The highest BCUT2D eigenvalue weighted by atomic mass is 16.5. The van der Waals surface area contributed by atoms with Crippen molar-refractivity contribution in [3.8, 4) is 0 Å². The van der Waals surface area contributed by atoms with Crippen molar-refractivity contribution >= 4 is 0 Å². The molecule has 1 rings (SSSR count). The molecule has 1 fully saturated rings. The van der Waals surface area contributed by atoms with Gasteiger partial charge in [0, 0.05) is 12.1 Å². The summed E-state index contributed by atoms with van der Waals surface area (Å²) in [6.45, 7) is 12.0. The van der Waals surface area contributed by atoms with Gasteiger partial charge >= 0.3 is 0 Å². The molecule has 0 aliphatic carbocycles. The van der Waals surface area contributed by atoms with Crippen LogP contribution in [0.4, 0.5) is 0 Å². The van der Waals surface area contributed by atoms with Gasteiger partial charge in [-0.1, -0.05) is 20.8 Å². The lowest BCUT2D eigenvalue weighted by atomic mass is 10.0. The minimum atomic E-state index is 0.594. The van der Waals surface area contributed by atoms with E-state index >= 15 is 0 Å². The number of hydrogen-bond donors (Lipinski definition) is 0. The Bertz CT molecular complexity index is 136. The molecule has 0 radical (unpaired) electrons. The minimum Gasteiger partial charge on any atom is -0.378 e. The van der Waals surface area contributed by atoms with E-state index in [9.17, 15) is 0 Å². The van der Waals surface area contributed by atoms with E-state index in [4.69, 9.17) is 4.74 Å². The number of rotatable bonds is 2. The second-order valence-corrected chi connectivity index (χ2v) is 4.03. The molecule has 0 saturated carbocycles. The molecule has 1 aliphatic rings. The topological polar surface area (TPSA) is 12.5 Å². The van der Waals surface area contributed by atoms with Crippen molar-refractivity contribution in [2.45, 2.75) is 39.8 Å². The number of nitrogens with zero attached hydrogens (tertiary/aromatic N) is 1. The van der Waals surface area contributed by atoms with E-state index in [1.54, 1.807) is 0 Å². The van der Waals surface area contributed by atoms with Gasteiger partial charge in [-0.05, 0) is 19.4 Å². The molecule has 1 aliphatic heterocycles. The summed E-state index contributed by atoms with van der Waals surface area (Å²) in [5, 5.41) is 0. The highest BCUT2D eigenvalue weighted by molar-refractivity contribution is 4.81. The number of morpholine rings is 1. The fourth-order valence-electron chi connectivity index (χ4n) is 2.00. The lowest BCUT2D eigenvalue weighted by molar-refractivity contribution is -0.0555. The van der Waals surface area contributed by atoms with E-state index in [0.717, 1.165) is 19.8 Å². The standard InChI is InChI=1S/C10H21NO/c1-5-11-9(4)6-12-7-10(11)8(2)3/h8-10H,5-7H2,1-4H3. The van der Waals surface area contributed by atoms with Gasteiger partial charge in [0.25, 0.3) is 0 Å². The zero-order valence-corrected chi connectivity index (χ0v) is 8.71. The van der Waals surface area contributed by atoms with Crippen molar-refractivity contribution in [2.75, 3.05) is 19.8 Å². The maximum atomic E-state index is 5.55. The first-order chi connectivity index (χ1) is 5.66. The Hall–Kier alpha value is -0.0800. The molecule has 2 atom stereocenters. The SMILES string of the molecule is CCN1C(C)COCC1C(C)C. The molecule has 0 aromatic carbocycles. The molecular weight excluding hydrogens is 150 g/mol. The van der Waals surface area contributed by atoms with Gasteiger partial charge in [0.2, 0.25) is 0 Å². The van der Waals surface area contributed by atoms with Crippen molar-refractivity contribution in [1.82, 2.24) is 4.90 Å². The van der Waals surface area contributed by atoms with Crippen LogP contribution in [-0.4, -0.2) is 36.7 Å². The molecular formula is C10H21NO. The monoisotopic (exact) mass is 171 g/mol. The van der Waals surface area contributed by atoms with Crippen molar-refractivity contribution in [2.24, 2.45) is 5.92 Å². The predicted molar refractivity (Wildman–Crippen MR) is 51.3 cm³/mol. The molecule has 72 valence electrons. The molecule has 0 aromatic rings. The maximum Gasteiger partial charge on any atom is 0.0625 e. The third-order valence-electron chi connectivity index (χ3n) is 2.77. The Labute approximate surface area is 75.9 Å². The predicted octanol–water partition coefficient (Wildman–Crippen LogP) is 1.75. The number of ether oxygens (including phenoxy) is 1. The van der Waals surface area contributed by atoms with Gasteiger partial charge in [-0.3, -0.25) is 4.90 Å². The van der Waals surface area contributed by atoms with E-state index in [1.807, 2.05) is 0 Å². The first-order valence-electron chi connectivity index (χ1n) is 5.00. The van der Waals surface area contributed by atoms with Crippen molar-refractivity contribution in [1.29, 1.82) is 0 Å². The molecule has 1 heterocycles. The van der Waals surface area contributed by atoms with E-state index < -0.39 is 0 Å². The Morgan fingerprint density at radius 2 is 2.08 bits per heavy atom. The molecule has 2 heteroatoms. The summed E-state index contributed by atoms with van der Waals surface area (Å²) in [5.41, 5.74) is 0. The number of hydrogen-bond acceptors (Lipinski definition) is 2. The summed E-state index contributed by atoms with van der Waals surface area (Å²) in [5.74, 6) is 0.702. The average Bonchev–Trinajstić information content (AvgIpc) is 2.03. The van der Waals surface area contributed by atoms with Crippen LogP contribution in [0.2, 0.25) is 0 Å². The second kappa shape index (κ2) is 4.24. The molecule has 0 N–H and O–H groups in total. The Kier molecular flexibility index (Phi) is 3.53. The molecule has 0 amide bonds. The summed E-state index contributed by atoms with van der Waals surface area (Å²) >= 11 is 0. The van der Waals surface area contributed by atoms with Gasteiger partial charge in [0.15, 0.2) is 0 Å². The normalized spacial score (nSPS) is 32.8. The van der Waals surface area contributed by atoms with Crippen LogP contribution < -0.4 is 0 Å². The minimum absolute atomic E-state index is 0.594. The molecule has 0 aromatic heterocycles. The highest BCUT2D eigenvalue weighted by Gasteiger charge is 2.28. The van der Waals surface area contributed by atoms with Crippen molar-refractivity contribution in [3.63, 3.8) is 0 Å². The summed E-state index contributed by atoms with van der Waals surface area (Å²) in [6, 6.07) is 1.22. The first kappa shape index (κ1) is 10.0. The molecule has 1 saturated heterocycles. The second-order valence-electron chi connectivity index (χ2n) is 4.03. The first-order valence-corrected chi connectivity index (χ1v) is 5.00. The van der Waals surface area contributed by atoms with Crippen LogP contribution in [0.25, 0.3) is 0 Å². The Morgan fingerprint density at radius 1 is 1.42 bits per heavy atom. The summed E-state index contributed by atoms with van der Waals surface area (Å²) in [7, 11) is 0. The fraction of sp³-hybridized carbons (Fsp3) is 1.00. The van der Waals surface area contributed by atoms with E-state index in [1.165, 1.54) is 0 Å². The lowest BCUT2D eigenvalue weighted by Crippen LogP contribution is -2.52. The van der Waals surface area contributed by atoms with Gasteiger partial charge in [-0.15, -0.1) is 0 Å². The fourth-order valence-corrected chi connectivity index (χ4v) is 2.00. The zero-order valence-electron chi connectivity index (χ0n) is 8.71. The van der Waals surface area contributed by atoms with Crippen molar-refractivity contribution in [3.05, 3.63) is 0 Å². The van der Waals surface area contributed by atoms with Gasteiger partial charge < -0.3 is 4.74 Å². The molecule has 0 bridgehead atoms. The highest BCUT2D eigenvalue weighted by Crippen LogP contribution is 2.18. The van der Waals surface area contributed by atoms with Crippen molar-refractivity contribution < 1.29 is 4.74 Å². The average molecular weight is 171 g/mol. The van der Waals surface area contributed by atoms with Gasteiger partial charge in [-0.2, -0.15) is 0 Å². The van der Waals surface area contributed by atoms with Gasteiger partial charge in [0.05, 0.1) is 13.2 Å². The third-order valence-corrected chi connectivity index (χ3v) is 2.77. The summed E-state index contributed by atoms with van der Waals surface area (Å²) < 4.78 is 5.55. The van der Waals surface area contributed by atoms with Crippen LogP contribution in [0.5, 0.6) is 0 Å². The molecule has 0 spiro atoms. The van der Waals surface area contributed by atoms with Crippen LogP contribution in [0, 0.1) is 5.92 Å². The van der Waals surface area contributed by atoms with Gasteiger partial charge in [0.1, 0.15) is 0 Å². The van der Waals surface area contributed by atoms with E-state index in [2.05, 4.69) is 32.6 Å². The third kappa shape index (κ3) is 1.99.